The van der Waals surface area contributed by atoms with Crippen LogP contribution < -0.4 is 31.4 Å². The Labute approximate surface area is 264 Å². The SMILES string of the molecule is COc1ccc(-c2cc3cnc(OC)nc3nc2N)cc1.Nc1ncc2cc(-c3ccc(OC4CCCCO4)cc3)c(N)nc2n1. The number of ether oxygens (including phenoxy) is 4. The molecule has 2 aromatic carbocycles. The van der Waals surface area contributed by atoms with Gasteiger partial charge >= 0.3 is 6.01 Å². The van der Waals surface area contributed by atoms with E-state index in [9.17, 15) is 0 Å². The van der Waals surface area contributed by atoms with E-state index < -0.39 is 0 Å². The molecule has 0 saturated carbocycles. The molecule has 1 atom stereocenters. The average molecular weight is 620 g/mol. The normalized spacial score (nSPS) is 14.3. The van der Waals surface area contributed by atoms with Crippen LogP contribution in [0.2, 0.25) is 0 Å². The summed E-state index contributed by atoms with van der Waals surface area (Å²) in [5.74, 6) is 2.56. The molecular formula is C33H33N9O4. The Kier molecular flexibility index (Phi) is 8.83. The molecule has 0 bridgehead atoms. The molecule has 1 fully saturated rings. The summed E-state index contributed by atoms with van der Waals surface area (Å²) in [5, 5.41) is 1.59. The second-order valence-electron chi connectivity index (χ2n) is 10.4. The van der Waals surface area contributed by atoms with Gasteiger partial charge in [0.25, 0.3) is 0 Å². The van der Waals surface area contributed by atoms with Crippen LogP contribution in [0.4, 0.5) is 17.6 Å². The van der Waals surface area contributed by atoms with Gasteiger partial charge in [0, 0.05) is 40.7 Å². The van der Waals surface area contributed by atoms with E-state index in [2.05, 4.69) is 29.9 Å². The summed E-state index contributed by atoms with van der Waals surface area (Å²) in [6.07, 6.45) is 6.31. The minimum atomic E-state index is -0.158. The molecule has 0 aliphatic carbocycles. The molecular weight excluding hydrogens is 586 g/mol. The summed E-state index contributed by atoms with van der Waals surface area (Å²) < 4.78 is 21.6. The molecule has 1 aliphatic rings. The number of hydrogen-bond acceptors (Lipinski definition) is 13. The van der Waals surface area contributed by atoms with Gasteiger partial charge in [-0.2, -0.15) is 9.97 Å². The number of nitrogens with two attached hydrogens (primary N) is 3. The maximum absolute atomic E-state index is 6.09. The molecule has 0 amide bonds. The lowest BCUT2D eigenvalue weighted by Crippen LogP contribution is -2.24. The topological polar surface area (TPSA) is 192 Å². The second kappa shape index (κ2) is 13.4. The number of methoxy groups -OCH3 is 2. The van der Waals surface area contributed by atoms with Crippen LogP contribution >= 0.6 is 0 Å². The molecule has 6 aromatic rings. The van der Waals surface area contributed by atoms with Crippen molar-refractivity contribution in [2.24, 2.45) is 0 Å². The molecule has 5 heterocycles. The van der Waals surface area contributed by atoms with Crippen molar-refractivity contribution in [2.45, 2.75) is 25.6 Å². The van der Waals surface area contributed by atoms with Gasteiger partial charge in [0.05, 0.1) is 20.8 Å². The van der Waals surface area contributed by atoms with Crippen LogP contribution in [0, 0.1) is 0 Å². The number of pyridine rings is 2. The van der Waals surface area contributed by atoms with Crippen molar-refractivity contribution >= 4 is 39.7 Å². The molecule has 6 N–H and O–H groups in total. The van der Waals surface area contributed by atoms with E-state index in [1.807, 2.05) is 60.7 Å². The smallest absolute Gasteiger partial charge is 0.318 e. The third-order valence-corrected chi connectivity index (χ3v) is 7.35. The van der Waals surface area contributed by atoms with Gasteiger partial charge in [0.2, 0.25) is 5.95 Å². The summed E-state index contributed by atoms with van der Waals surface area (Å²) >= 11 is 0. The molecule has 0 spiro atoms. The zero-order chi connectivity index (χ0) is 32.0. The van der Waals surface area contributed by atoms with Gasteiger partial charge in [-0.25, -0.2) is 19.9 Å². The Hall–Kier alpha value is -5.82. The van der Waals surface area contributed by atoms with E-state index in [0.717, 1.165) is 70.4 Å². The fourth-order valence-corrected chi connectivity index (χ4v) is 4.95. The van der Waals surface area contributed by atoms with E-state index in [4.69, 9.17) is 36.1 Å². The maximum atomic E-state index is 6.09. The van der Waals surface area contributed by atoms with Crippen LogP contribution in [0.25, 0.3) is 44.3 Å². The molecule has 7 rings (SSSR count). The van der Waals surface area contributed by atoms with Gasteiger partial charge < -0.3 is 36.1 Å². The predicted octanol–water partition coefficient (Wildman–Crippen LogP) is 5.05. The molecule has 0 radical (unpaired) electrons. The molecule has 13 nitrogen and oxygen atoms in total. The van der Waals surface area contributed by atoms with Gasteiger partial charge in [-0.15, -0.1) is 0 Å². The Balaban J connectivity index is 0.000000164. The van der Waals surface area contributed by atoms with Crippen molar-refractivity contribution in [1.82, 2.24) is 29.9 Å². The number of rotatable bonds is 6. The first-order chi connectivity index (χ1) is 22.4. The fraction of sp³-hybridized carbons (Fsp3) is 0.212. The highest BCUT2D eigenvalue weighted by Gasteiger charge is 2.16. The highest BCUT2D eigenvalue weighted by Crippen LogP contribution is 2.31. The van der Waals surface area contributed by atoms with Crippen molar-refractivity contribution in [3.05, 3.63) is 73.1 Å². The Bertz CT molecular complexity index is 1970. The van der Waals surface area contributed by atoms with E-state index in [0.29, 0.717) is 22.9 Å². The lowest BCUT2D eigenvalue weighted by molar-refractivity contribution is -0.105. The Morgan fingerprint density at radius 1 is 0.674 bits per heavy atom. The van der Waals surface area contributed by atoms with Gasteiger partial charge in [-0.05, 0) is 60.4 Å². The minimum absolute atomic E-state index is 0.158. The molecule has 1 aliphatic heterocycles. The van der Waals surface area contributed by atoms with Crippen LogP contribution in [0.1, 0.15) is 19.3 Å². The molecule has 1 saturated heterocycles. The van der Waals surface area contributed by atoms with Crippen molar-refractivity contribution in [3.8, 4) is 39.8 Å². The Morgan fingerprint density at radius 3 is 1.83 bits per heavy atom. The van der Waals surface area contributed by atoms with Gasteiger partial charge in [0.1, 0.15) is 23.1 Å². The highest BCUT2D eigenvalue weighted by atomic mass is 16.7. The molecule has 46 heavy (non-hydrogen) atoms. The second-order valence-corrected chi connectivity index (χ2v) is 10.4. The van der Waals surface area contributed by atoms with Crippen molar-refractivity contribution < 1.29 is 18.9 Å². The lowest BCUT2D eigenvalue weighted by atomic mass is 10.1. The number of anilines is 3. The molecule has 13 heteroatoms. The van der Waals surface area contributed by atoms with Crippen LogP contribution in [0.15, 0.2) is 73.1 Å². The summed E-state index contributed by atoms with van der Waals surface area (Å²) in [6, 6.07) is 19.5. The van der Waals surface area contributed by atoms with Gasteiger partial charge in [-0.1, -0.05) is 24.3 Å². The summed E-state index contributed by atoms with van der Waals surface area (Å²) in [4.78, 5) is 25.0. The van der Waals surface area contributed by atoms with E-state index >= 15 is 0 Å². The number of nitrogens with zero attached hydrogens (tertiary/aromatic N) is 6. The first-order valence-corrected chi connectivity index (χ1v) is 14.6. The van der Waals surface area contributed by atoms with Crippen molar-refractivity contribution in [1.29, 1.82) is 0 Å². The standard InChI is InChI=1S/C18H19N5O2.C15H14N4O2/c19-16-14(9-12-10-21-18(20)23-17(12)22-16)11-4-6-13(7-5-11)25-15-3-1-2-8-24-15;1-20-11-5-3-9(4-6-11)12-7-10-8-17-15(21-2)19-14(10)18-13(12)16/h4-7,9-10,15H,1-3,8H2,(H4,19,20,21,22,23);3-8H,1-2H3,(H2,16,17,18,19). The fourth-order valence-electron chi connectivity index (χ4n) is 4.95. The summed E-state index contributed by atoms with van der Waals surface area (Å²) in [6.45, 7) is 0.759. The average Bonchev–Trinajstić information content (AvgIpc) is 3.08. The van der Waals surface area contributed by atoms with E-state index in [1.165, 1.54) is 7.11 Å². The zero-order valence-corrected chi connectivity index (χ0v) is 25.4. The lowest BCUT2D eigenvalue weighted by Gasteiger charge is -2.23. The van der Waals surface area contributed by atoms with Crippen LogP contribution in [-0.4, -0.2) is 57.0 Å². The van der Waals surface area contributed by atoms with Crippen LogP contribution in [0.3, 0.4) is 0 Å². The first-order valence-electron chi connectivity index (χ1n) is 14.6. The van der Waals surface area contributed by atoms with Crippen molar-refractivity contribution in [2.75, 3.05) is 38.0 Å². The number of hydrogen-bond donors (Lipinski definition) is 3. The van der Waals surface area contributed by atoms with E-state index in [-0.39, 0.29) is 18.2 Å². The van der Waals surface area contributed by atoms with Gasteiger partial charge in [0.15, 0.2) is 17.6 Å². The number of fused-ring (bicyclic) bond motifs is 2. The Morgan fingerprint density at radius 2 is 1.26 bits per heavy atom. The number of aromatic nitrogens is 6. The summed E-state index contributed by atoms with van der Waals surface area (Å²) in [5.41, 5.74) is 22.3. The highest BCUT2D eigenvalue weighted by molar-refractivity contribution is 5.87. The third kappa shape index (κ3) is 6.79. The van der Waals surface area contributed by atoms with E-state index in [1.54, 1.807) is 19.5 Å². The number of benzene rings is 2. The predicted molar refractivity (Wildman–Crippen MR) is 176 cm³/mol. The minimum Gasteiger partial charge on any atom is -0.497 e. The quantitative estimate of drug-likeness (QED) is 0.224. The largest absolute Gasteiger partial charge is 0.497 e. The zero-order valence-electron chi connectivity index (χ0n) is 25.4. The van der Waals surface area contributed by atoms with Gasteiger partial charge in [-0.3, -0.25) is 0 Å². The molecule has 4 aromatic heterocycles. The summed E-state index contributed by atoms with van der Waals surface area (Å²) in [7, 11) is 3.14. The maximum Gasteiger partial charge on any atom is 0.318 e. The van der Waals surface area contributed by atoms with Crippen molar-refractivity contribution in [3.63, 3.8) is 0 Å². The molecule has 234 valence electrons. The third-order valence-electron chi connectivity index (χ3n) is 7.35. The monoisotopic (exact) mass is 619 g/mol. The van der Waals surface area contributed by atoms with Crippen LogP contribution in [0.5, 0.6) is 17.5 Å². The number of nitrogen functional groups attached to an aromatic ring is 3. The molecule has 1 unspecified atom stereocenters. The van der Waals surface area contributed by atoms with Crippen LogP contribution in [-0.2, 0) is 4.74 Å². The first kappa shape index (κ1) is 30.2.